The monoisotopic (exact) mass is 348 g/mol. The summed E-state index contributed by atoms with van der Waals surface area (Å²) in [6.45, 7) is 1.84. The molecule has 0 radical (unpaired) electrons. The molecule has 1 saturated heterocycles. The first-order valence-corrected chi connectivity index (χ1v) is 9.83. The van der Waals surface area contributed by atoms with E-state index < -0.39 is 26.1 Å². The molecule has 0 spiro atoms. The zero-order valence-corrected chi connectivity index (χ0v) is 14.1. The Kier molecular flexibility index (Phi) is 4.93. The minimum Gasteiger partial charge on any atom is -0.395 e. The van der Waals surface area contributed by atoms with E-state index in [-0.39, 0.29) is 28.9 Å². The van der Waals surface area contributed by atoms with E-state index in [1.54, 1.807) is 0 Å². The third-order valence-electron chi connectivity index (χ3n) is 4.01. The highest BCUT2D eigenvalue weighted by molar-refractivity contribution is 7.92. The van der Waals surface area contributed by atoms with Crippen LogP contribution in [0.2, 0.25) is 0 Å². The maximum atomic E-state index is 12.9. The van der Waals surface area contributed by atoms with Crippen molar-refractivity contribution in [2.75, 3.05) is 20.2 Å². The number of aliphatic hydroxyl groups is 1. The summed E-state index contributed by atoms with van der Waals surface area (Å²) >= 11 is 0. The molecular weight excluding hydrogens is 328 g/mol. The minimum absolute atomic E-state index is 0.0212. The number of hydrogen-bond acceptors (Lipinski definition) is 5. The van der Waals surface area contributed by atoms with Gasteiger partial charge in [0.05, 0.1) is 12.6 Å². The molecule has 22 heavy (non-hydrogen) atoms. The molecule has 1 aliphatic rings. The Morgan fingerprint density at radius 2 is 1.82 bits per heavy atom. The molecule has 1 fully saturated rings. The van der Waals surface area contributed by atoms with Crippen LogP contribution in [0.4, 0.5) is 0 Å². The van der Waals surface area contributed by atoms with Crippen LogP contribution < -0.4 is 4.72 Å². The number of benzene rings is 1. The van der Waals surface area contributed by atoms with Gasteiger partial charge in [0.25, 0.3) is 0 Å². The lowest BCUT2D eigenvalue weighted by Crippen LogP contribution is -2.40. The summed E-state index contributed by atoms with van der Waals surface area (Å²) in [6.07, 6.45) is 0.630. The summed E-state index contributed by atoms with van der Waals surface area (Å²) in [4.78, 5) is -0.550. The molecule has 1 aromatic carbocycles. The summed E-state index contributed by atoms with van der Waals surface area (Å²) in [7, 11) is -6.67. The normalized spacial score (nSPS) is 23.8. The van der Waals surface area contributed by atoms with Gasteiger partial charge in [-0.2, -0.15) is 4.31 Å². The van der Waals surface area contributed by atoms with E-state index in [4.69, 9.17) is 0 Å². The Morgan fingerprint density at radius 1 is 1.23 bits per heavy atom. The molecule has 0 aromatic heterocycles. The molecule has 0 amide bonds. The predicted molar refractivity (Wildman–Crippen MR) is 81.2 cm³/mol. The van der Waals surface area contributed by atoms with Gasteiger partial charge in [0.2, 0.25) is 20.0 Å². The van der Waals surface area contributed by atoms with Crippen LogP contribution >= 0.6 is 0 Å². The van der Waals surface area contributed by atoms with Crippen molar-refractivity contribution in [2.24, 2.45) is 5.92 Å². The van der Waals surface area contributed by atoms with E-state index >= 15 is 0 Å². The SMILES string of the molecule is CNS(=O)(=O)c1ccccc1S(=O)(=O)N1CCC(C)C1CO. The average molecular weight is 348 g/mol. The van der Waals surface area contributed by atoms with Gasteiger partial charge >= 0.3 is 0 Å². The second-order valence-corrected chi connectivity index (χ2v) is 9.00. The maximum Gasteiger partial charge on any atom is 0.244 e. The molecule has 2 rings (SSSR count). The van der Waals surface area contributed by atoms with Crippen molar-refractivity contribution in [1.29, 1.82) is 0 Å². The summed E-state index contributed by atoms with van der Waals surface area (Å²) < 4.78 is 53.2. The Bertz CT molecular complexity index is 745. The van der Waals surface area contributed by atoms with Crippen molar-refractivity contribution >= 4 is 20.0 Å². The first-order valence-electron chi connectivity index (χ1n) is 6.91. The summed E-state index contributed by atoms with van der Waals surface area (Å²) in [5.41, 5.74) is 0. The van der Waals surface area contributed by atoms with Gasteiger partial charge in [0, 0.05) is 6.54 Å². The third kappa shape index (κ3) is 2.91. The maximum absolute atomic E-state index is 12.9. The lowest BCUT2D eigenvalue weighted by Gasteiger charge is -2.25. The summed E-state index contributed by atoms with van der Waals surface area (Å²) in [5, 5.41) is 9.46. The number of sulfonamides is 2. The molecule has 2 N–H and O–H groups in total. The van der Waals surface area contributed by atoms with Gasteiger partial charge in [0.1, 0.15) is 9.79 Å². The highest BCUT2D eigenvalue weighted by Gasteiger charge is 2.40. The molecule has 7 nitrogen and oxygen atoms in total. The van der Waals surface area contributed by atoms with Crippen molar-refractivity contribution in [3.05, 3.63) is 24.3 Å². The van der Waals surface area contributed by atoms with Crippen molar-refractivity contribution in [3.63, 3.8) is 0 Å². The fourth-order valence-corrected chi connectivity index (χ4v) is 5.92. The number of hydrogen-bond donors (Lipinski definition) is 2. The Morgan fingerprint density at radius 3 is 2.36 bits per heavy atom. The molecule has 2 unspecified atom stereocenters. The third-order valence-corrected chi connectivity index (χ3v) is 7.60. The molecule has 0 bridgehead atoms. The molecular formula is C13H20N2O5S2. The Labute approximate surface area is 131 Å². The molecule has 0 aliphatic carbocycles. The second kappa shape index (κ2) is 6.25. The van der Waals surface area contributed by atoms with Crippen LogP contribution in [0.15, 0.2) is 34.1 Å². The Hall–Kier alpha value is -1.00. The van der Waals surface area contributed by atoms with Crippen LogP contribution in [0.3, 0.4) is 0 Å². The fourth-order valence-electron chi connectivity index (χ4n) is 2.66. The van der Waals surface area contributed by atoms with E-state index in [0.29, 0.717) is 6.42 Å². The van der Waals surface area contributed by atoms with Gasteiger partial charge in [0.15, 0.2) is 0 Å². The van der Waals surface area contributed by atoms with Crippen molar-refractivity contribution in [3.8, 4) is 0 Å². The zero-order chi connectivity index (χ0) is 16.5. The highest BCUT2D eigenvalue weighted by atomic mass is 32.2. The standard InChI is InChI=1S/C13H20N2O5S2/c1-10-7-8-15(11(10)9-16)22(19,20)13-6-4-3-5-12(13)21(17,18)14-2/h3-6,10-11,14,16H,7-9H2,1-2H3. The van der Waals surface area contributed by atoms with Crippen LogP contribution in [0.5, 0.6) is 0 Å². The number of nitrogens with one attached hydrogen (secondary N) is 1. The van der Waals surface area contributed by atoms with E-state index in [1.807, 2.05) is 6.92 Å². The number of aliphatic hydroxyl groups excluding tert-OH is 1. The fraction of sp³-hybridized carbons (Fsp3) is 0.538. The molecule has 1 aromatic rings. The first kappa shape index (κ1) is 17.4. The molecule has 2 atom stereocenters. The van der Waals surface area contributed by atoms with E-state index in [1.165, 1.54) is 35.6 Å². The Balaban J connectivity index is 2.57. The van der Waals surface area contributed by atoms with E-state index in [0.717, 1.165) is 0 Å². The highest BCUT2D eigenvalue weighted by Crippen LogP contribution is 2.32. The molecule has 1 aliphatic heterocycles. The number of nitrogens with zero attached hydrogens (tertiary/aromatic N) is 1. The molecule has 1 heterocycles. The van der Waals surface area contributed by atoms with Gasteiger partial charge in [-0.1, -0.05) is 19.1 Å². The smallest absolute Gasteiger partial charge is 0.244 e. The van der Waals surface area contributed by atoms with Gasteiger partial charge in [-0.3, -0.25) is 0 Å². The lowest BCUT2D eigenvalue weighted by molar-refractivity contribution is 0.191. The molecule has 0 saturated carbocycles. The second-order valence-electron chi connectivity index (χ2n) is 5.29. The zero-order valence-electron chi connectivity index (χ0n) is 12.4. The topological polar surface area (TPSA) is 104 Å². The first-order chi connectivity index (χ1) is 10.3. The van der Waals surface area contributed by atoms with Crippen LogP contribution in [0, 0.1) is 5.92 Å². The van der Waals surface area contributed by atoms with E-state index in [2.05, 4.69) is 4.72 Å². The summed E-state index contributed by atoms with van der Waals surface area (Å²) in [5.74, 6) is 0.0212. The van der Waals surface area contributed by atoms with Crippen LogP contribution in [-0.4, -0.2) is 52.5 Å². The van der Waals surface area contributed by atoms with Gasteiger partial charge in [-0.25, -0.2) is 21.6 Å². The van der Waals surface area contributed by atoms with Gasteiger partial charge in [-0.15, -0.1) is 0 Å². The van der Waals surface area contributed by atoms with Crippen molar-refractivity contribution < 1.29 is 21.9 Å². The van der Waals surface area contributed by atoms with Gasteiger partial charge in [-0.05, 0) is 31.5 Å². The summed E-state index contributed by atoms with van der Waals surface area (Å²) in [6, 6.07) is 4.95. The average Bonchev–Trinajstić information content (AvgIpc) is 2.88. The van der Waals surface area contributed by atoms with Crippen molar-refractivity contribution in [2.45, 2.75) is 29.2 Å². The largest absolute Gasteiger partial charge is 0.395 e. The van der Waals surface area contributed by atoms with Crippen LogP contribution in [0.1, 0.15) is 13.3 Å². The van der Waals surface area contributed by atoms with E-state index in [9.17, 15) is 21.9 Å². The van der Waals surface area contributed by atoms with Crippen LogP contribution in [0.25, 0.3) is 0 Å². The molecule has 9 heteroatoms. The van der Waals surface area contributed by atoms with Gasteiger partial charge < -0.3 is 5.11 Å². The van der Waals surface area contributed by atoms with Crippen molar-refractivity contribution in [1.82, 2.24) is 9.03 Å². The minimum atomic E-state index is -4.00. The lowest BCUT2D eigenvalue weighted by atomic mass is 10.0. The van der Waals surface area contributed by atoms with Crippen LogP contribution in [-0.2, 0) is 20.0 Å². The number of rotatable bonds is 5. The predicted octanol–water partition coefficient (Wildman–Crippen LogP) is -0.0139. The molecule has 124 valence electrons. The quantitative estimate of drug-likeness (QED) is 0.779.